The van der Waals surface area contributed by atoms with E-state index in [1.165, 1.54) is 28.3 Å². The van der Waals surface area contributed by atoms with Crippen molar-refractivity contribution in [2.45, 2.75) is 72.5 Å². The van der Waals surface area contributed by atoms with E-state index in [4.69, 9.17) is 0 Å². The van der Waals surface area contributed by atoms with Crippen molar-refractivity contribution in [3.63, 3.8) is 0 Å². The lowest BCUT2D eigenvalue weighted by molar-refractivity contribution is 0.998. The van der Waals surface area contributed by atoms with Gasteiger partial charge in [0.25, 0.3) is 0 Å². The third-order valence-electron chi connectivity index (χ3n) is 6.34. The molecule has 1 radical (unpaired) electrons. The molecule has 0 atom stereocenters. The van der Waals surface area contributed by atoms with Crippen LogP contribution in [-0.4, -0.2) is 8.80 Å². The number of allylic oxidation sites excluding steroid dienone is 9. The summed E-state index contributed by atoms with van der Waals surface area (Å²) in [5.74, 6) is 0. The van der Waals surface area contributed by atoms with Gasteiger partial charge in [-0.15, -0.1) is 6.58 Å². The first-order valence-corrected chi connectivity index (χ1v) is 10.3. The summed E-state index contributed by atoms with van der Waals surface area (Å²) in [5, 5.41) is 0. The van der Waals surface area contributed by atoms with Crippen LogP contribution < -0.4 is 0 Å². The Morgan fingerprint density at radius 1 is 0.682 bits per heavy atom. The van der Waals surface area contributed by atoms with Crippen LogP contribution in [0.25, 0.3) is 0 Å². The van der Waals surface area contributed by atoms with Gasteiger partial charge in [-0.2, -0.15) is 0 Å². The predicted octanol–water partition coefficient (Wildman–Crippen LogP) is 6.78. The Labute approximate surface area is 139 Å². The van der Waals surface area contributed by atoms with E-state index in [2.05, 4.69) is 68.0 Å². The molecule has 0 aromatic rings. The zero-order valence-electron chi connectivity index (χ0n) is 15.6. The van der Waals surface area contributed by atoms with E-state index in [0.717, 1.165) is 0 Å². The fourth-order valence-corrected chi connectivity index (χ4v) is 8.61. The summed E-state index contributed by atoms with van der Waals surface area (Å²) in [6, 6.07) is 1.18. The molecule has 2 aliphatic rings. The zero-order chi connectivity index (χ0) is 16.8. The highest BCUT2D eigenvalue weighted by Crippen LogP contribution is 2.52. The van der Waals surface area contributed by atoms with Crippen molar-refractivity contribution in [2.24, 2.45) is 0 Å². The van der Waals surface area contributed by atoms with Crippen molar-refractivity contribution in [3.8, 4) is 0 Å². The normalized spacial score (nSPS) is 21.3. The van der Waals surface area contributed by atoms with Gasteiger partial charge in [0.15, 0.2) is 0 Å². The quantitative estimate of drug-likeness (QED) is 0.396. The zero-order valence-corrected chi connectivity index (χ0v) is 16.6. The molecule has 2 aliphatic carbocycles. The molecule has 1 heteroatoms. The Morgan fingerprint density at radius 2 is 0.955 bits per heavy atom. The average molecular weight is 312 g/mol. The fourth-order valence-electron chi connectivity index (χ4n) is 4.38. The van der Waals surface area contributed by atoms with Gasteiger partial charge >= 0.3 is 0 Å². The minimum absolute atomic E-state index is 0.625. The van der Waals surface area contributed by atoms with E-state index >= 15 is 0 Å². The molecule has 0 bridgehead atoms. The van der Waals surface area contributed by atoms with E-state index in [-0.39, 0.29) is 0 Å². The van der Waals surface area contributed by atoms with Crippen molar-refractivity contribution in [3.05, 3.63) is 57.2 Å². The van der Waals surface area contributed by atoms with Crippen LogP contribution in [0.1, 0.15) is 55.4 Å². The van der Waals surface area contributed by atoms with Crippen LogP contribution in [0.4, 0.5) is 0 Å². The topological polar surface area (TPSA) is 0 Å². The molecule has 0 nitrogen and oxygen atoms in total. The van der Waals surface area contributed by atoms with Crippen LogP contribution in [0, 0.1) is 0 Å². The summed E-state index contributed by atoms with van der Waals surface area (Å²) in [5.41, 5.74) is 14.0. The number of hydrogen-bond acceptors (Lipinski definition) is 0. The van der Waals surface area contributed by atoms with Crippen LogP contribution in [0.2, 0.25) is 17.1 Å². The van der Waals surface area contributed by atoms with Gasteiger partial charge in [-0.1, -0.05) is 28.4 Å². The summed E-state index contributed by atoms with van der Waals surface area (Å²) in [6.07, 6.45) is 2.17. The summed E-state index contributed by atoms with van der Waals surface area (Å²) >= 11 is 0. The molecule has 0 aromatic carbocycles. The Morgan fingerprint density at radius 3 is 1.18 bits per heavy atom. The lowest BCUT2D eigenvalue weighted by Crippen LogP contribution is -2.28. The largest absolute Gasteiger partial charge is 0.103 e. The van der Waals surface area contributed by atoms with Crippen molar-refractivity contribution in [1.29, 1.82) is 0 Å². The van der Waals surface area contributed by atoms with Crippen molar-refractivity contribution in [1.82, 2.24) is 0 Å². The molecule has 2 rings (SSSR count). The third-order valence-corrected chi connectivity index (χ3v) is 10.3. The molecule has 0 N–H and O–H groups in total. The van der Waals surface area contributed by atoms with Gasteiger partial charge in [0.1, 0.15) is 0 Å². The van der Waals surface area contributed by atoms with E-state index in [1.54, 1.807) is 22.3 Å². The highest BCUT2D eigenvalue weighted by atomic mass is 28.3. The van der Waals surface area contributed by atoms with E-state index in [0.29, 0.717) is 11.1 Å². The van der Waals surface area contributed by atoms with Gasteiger partial charge in [0.05, 0.1) is 8.80 Å². The standard InChI is InChI=1S/C21H31Si/c1-10-11-22(20-16(6)12(2)13(3)17(20)7)21-18(8)14(4)15(5)19(21)9/h10,20-21H,1,11H2,2-9H3. The molecule has 0 aliphatic heterocycles. The first-order chi connectivity index (χ1) is 10.2. The summed E-state index contributed by atoms with van der Waals surface area (Å²) in [4.78, 5) is 0. The van der Waals surface area contributed by atoms with E-state index < -0.39 is 8.80 Å². The van der Waals surface area contributed by atoms with Crippen molar-refractivity contribution >= 4 is 8.80 Å². The molecule has 119 valence electrons. The molecule has 0 saturated heterocycles. The first-order valence-electron chi connectivity index (χ1n) is 8.40. The lowest BCUT2D eigenvalue weighted by atomic mass is 10.1. The Bertz CT molecular complexity index is 537. The highest BCUT2D eigenvalue weighted by molar-refractivity contribution is 6.66. The fraction of sp³-hybridized carbons (Fsp3) is 0.524. The van der Waals surface area contributed by atoms with Crippen LogP contribution in [0.5, 0.6) is 0 Å². The van der Waals surface area contributed by atoms with Crippen molar-refractivity contribution < 1.29 is 0 Å². The Hall–Kier alpha value is -1.08. The van der Waals surface area contributed by atoms with Gasteiger partial charge in [0, 0.05) is 0 Å². The van der Waals surface area contributed by atoms with Crippen LogP contribution >= 0.6 is 0 Å². The average Bonchev–Trinajstić information content (AvgIpc) is 2.79. The molecule has 0 aromatic heterocycles. The van der Waals surface area contributed by atoms with Gasteiger partial charge < -0.3 is 0 Å². The minimum Gasteiger partial charge on any atom is -0.103 e. The first kappa shape index (κ1) is 17.3. The Balaban J connectivity index is 2.53. The highest BCUT2D eigenvalue weighted by Gasteiger charge is 2.40. The van der Waals surface area contributed by atoms with Gasteiger partial charge in [-0.25, -0.2) is 0 Å². The maximum absolute atomic E-state index is 4.08. The molecule has 0 fully saturated rings. The van der Waals surface area contributed by atoms with Crippen LogP contribution in [0.15, 0.2) is 57.2 Å². The maximum atomic E-state index is 4.08. The lowest BCUT2D eigenvalue weighted by Gasteiger charge is -2.32. The van der Waals surface area contributed by atoms with Gasteiger partial charge in [0.2, 0.25) is 0 Å². The maximum Gasteiger partial charge on any atom is 0.0779 e. The molecule has 0 spiro atoms. The molecule has 22 heavy (non-hydrogen) atoms. The molecular formula is C21H31Si. The molecular weight excluding hydrogens is 280 g/mol. The Kier molecular flexibility index (Phi) is 4.86. The van der Waals surface area contributed by atoms with Crippen molar-refractivity contribution in [2.75, 3.05) is 0 Å². The molecule has 0 amide bonds. The predicted molar refractivity (Wildman–Crippen MR) is 102 cm³/mol. The van der Waals surface area contributed by atoms with E-state index in [9.17, 15) is 0 Å². The van der Waals surface area contributed by atoms with Gasteiger partial charge in [-0.05, 0) is 94.8 Å². The smallest absolute Gasteiger partial charge is 0.0779 e. The summed E-state index contributed by atoms with van der Waals surface area (Å²) < 4.78 is 0. The van der Waals surface area contributed by atoms with Crippen LogP contribution in [-0.2, 0) is 0 Å². The third kappa shape index (κ3) is 2.44. The molecule has 0 heterocycles. The monoisotopic (exact) mass is 311 g/mol. The molecule has 0 unspecified atom stereocenters. The number of rotatable bonds is 4. The summed E-state index contributed by atoms with van der Waals surface area (Å²) in [6.45, 7) is 22.7. The number of hydrogen-bond donors (Lipinski definition) is 0. The van der Waals surface area contributed by atoms with Gasteiger partial charge in [-0.3, -0.25) is 0 Å². The second kappa shape index (κ2) is 6.20. The summed E-state index contributed by atoms with van der Waals surface area (Å²) in [7, 11) is -0.625. The van der Waals surface area contributed by atoms with E-state index in [1.807, 2.05) is 0 Å². The SMILES string of the molecule is C=CC[Si](C1C(C)=C(C)C(C)=C1C)C1C(C)=C(C)C(C)=C1C. The second-order valence-electron chi connectivity index (χ2n) is 7.17. The second-order valence-corrected chi connectivity index (χ2v) is 9.88. The molecule has 0 saturated carbocycles. The minimum atomic E-state index is -0.625. The van der Waals surface area contributed by atoms with Crippen LogP contribution in [0.3, 0.4) is 0 Å².